The highest BCUT2D eigenvalue weighted by molar-refractivity contribution is 5.97. The molecule has 0 fully saturated rings. The molecule has 34 heavy (non-hydrogen) atoms. The summed E-state index contributed by atoms with van der Waals surface area (Å²) in [5, 5.41) is 7.69. The Morgan fingerprint density at radius 2 is 1.88 bits per heavy atom. The third-order valence-corrected chi connectivity index (χ3v) is 5.39. The van der Waals surface area contributed by atoms with E-state index in [2.05, 4.69) is 39.9 Å². The molecule has 3 aromatic rings. The number of anilines is 1. The number of hydrogen-bond acceptors (Lipinski definition) is 5. The van der Waals surface area contributed by atoms with E-state index in [4.69, 9.17) is 14.3 Å². The smallest absolute Gasteiger partial charge is 0.290 e. The molecule has 0 aliphatic heterocycles. The number of carbonyl (C=O) groups is 2. The SMILES string of the molecule is COc1ccc(-n2nc(C(C)(C)C)cc2NC(=O)CN(CCC(C)C)C(=O)c2ccco2)cc1. The van der Waals surface area contributed by atoms with Gasteiger partial charge in [-0.1, -0.05) is 34.6 Å². The van der Waals surface area contributed by atoms with Crippen molar-refractivity contribution < 1.29 is 18.7 Å². The van der Waals surface area contributed by atoms with Crippen LogP contribution in [-0.2, 0) is 10.2 Å². The summed E-state index contributed by atoms with van der Waals surface area (Å²) in [6, 6.07) is 12.6. The lowest BCUT2D eigenvalue weighted by Crippen LogP contribution is -2.39. The van der Waals surface area contributed by atoms with Crippen LogP contribution < -0.4 is 10.1 Å². The van der Waals surface area contributed by atoms with Crippen LogP contribution in [0, 0.1) is 5.92 Å². The van der Waals surface area contributed by atoms with Gasteiger partial charge in [-0.15, -0.1) is 0 Å². The number of aromatic nitrogens is 2. The second-order valence-corrected chi connectivity index (χ2v) is 9.71. The van der Waals surface area contributed by atoms with Gasteiger partial charge in [-0.05, 0) is 48.7 Å². The number of ether oxygens (including phenoxy) is 1. The summed E-state index contributed by atoms with van der Waals surface area (Å²) in [7, 11) is 1.61. The van der Waals surface area contributed by atoms with Gasteiger partial charge in [0.15, 0.2) is 5.76 Å². The Labute approximate surface area is 200 Å². The lowest BCUT2D eigenvalue weighted by molar-refractivity contribution is -0.117. The average Bonchev–Trinajstić information content (AvgIpc) is 3.46. The van der Waals surface area contributed by atoms with Crippen molar-refractivity contribution in [2.24, 2.45) is 5.92 Å². The minimum absolute atomic E-state index is 0.0924. The van der Waals surface area contributed by atoms with E-state index in [0.29, 0.717) is 18.3 Å². The summed E-state index contributed by atoms with van der Waals surface area (Å²) >= 11 is 0. The summed E-state index contributed by atoms with van der Waals surface area (Å²) in [5.41, 5.74) is 1.41. The van der Waals surface area contributed by atoms with Crippen molar-refractivity contribution in [1.29, 1.82) is 0 Å². The molecule has 0 bridgehead atoms. The number of carbonyl (C=O) groups excluding carboxylic acids is 2. The molecule has 3 rings (SSSR count). The van der Waals surface area contributed by atoms with Crippen molar-refractivity contribution in [3.8, 4) is 11.4 Å². The van der Waals surface area contributed by atoms with Gasteiger partial charge in [0.1, 0.15) is 18.1 Å². The number of furan rings is 1. The highest BCUT2D eigenvalue weighted by Crippen LogP contribution is 2.27. The molecule has 0 unspecified atom stereocenters. The lowest BCUT2D eigenvalue weighted by atomic mass is 9.92. The normalized spacial score (nSPS) is 11.5. The average molecular weight is 467 g/mol. The number of amides is 2. The lowest BCUT2D eigenvalue weighted by Gasteiger charge is -2.22. The molecule has 182 valence electrons. The fourth-order valence-electron chi connectivity index (χ4n) is 3.34. The first-order valence-electron chi connectivity index (χ1n) is 11.5. The van der Waals surface area contributed by atoms with Crippen LogP contribution >= 0.6 is 0 Å². The summed E-state index contributed by atoms with van der Waals surface area (Å²) in [4.78, 5) is 27.5. The largest absolute Gasteiger partial charge is 0.497 e. The Bertz CT molecular complexity index is 1090. The highest BCUT2D eigenvalue weighted by Gasteiger charge is 2.24. The van der Waals surface area contributed by atoms with E-state index >= 15 is 0 Å². The van der Waals surface area contributed by atoms with Gasteiger partial charge in [0.25, 0.3) is 5.91 Å². The number of nitrogens with zero attached hydrogens (tertiary/aromatic N) is 3. The first kappa shape index (κ1) is 25.1. The fraction of sp³-hybridized carbons (Fsp3) is 0.423. The zero-order valence-corrected chi connectivity index (χ0v) is 20.8. The van der Waals surface area contributed by atoms with Crippen molar-refractivity contribution in [1.82, 2.24) is 14.7 Å². The van der Waals surface area contributed by atoms with Crippen molar-refractivity contribution >= 4 is 17.6 Å². The van der Waals surface area contributed by atoms with Crippen LogP contribution in [0.2, 0.25) is 0 Å². The van der Waals surface area contributed by atoms with Crippen LogP contribution in [0.1, 0.15) is 57.3 Å². The molecule has 2 amide bonds. The topological polar surface area (TPSA) is 89.6 Å². The molecule has 0 saturated carbocycles. The highest BCUT2D eigenvalue weighted by atomic mass is 16.5. The van der Waals surface area contributed by atoms with Crippen molar-refractivity contribution in [3.05, 3.63) is 60.2 Å². The number of rotatable bonds is 9. The van der Waals surface area contributed by atoms with Crippen LogP contribution in [0.25, 0.3) is 5.69 Å². The van der Waals surface area contributed by atoms with Crippen molar-refractivity contribution in [2.75, 3.05) is 25.5 Å². The number of hydrogen-bond donors (Lipinski definition) is 1. The van der Waals surface area contributed by atoms with Crippen molar-refractivity contribution in [2.45, 2.75) is 46.5 Å². The first-order chi connectivity index (χ1) is 16.1. The molecular weight excluding hydrogens is 432 g/mol. The Morgan fingerprint density at radius 1 is 1.18 bits per heavy atom. The van der Waals surface area contributed by atoms with E-state index in [1.54, 1.807) is 23.9 Å². The molecule has 2 aromatic heterocycles. The Balaban J connectivity index is 1.84. The van der Waals surface area contributed by atoms with Gasteiger partial charge in [0.2, 0.25) is 5.91 Å². The first-order valence-corrected chi connectivity index (χ1v) is 11.5. The maximum absolute atomic E-state index is 13.1. The molecule has 1 aromatic carbocycles. The minimum Gasteiger partial charge on any atom is -0.497 e. The Hall–Kier alpha value is -3.55. The molecule has 8 heteroatoms. The van der Waals surface area contributed by atoms with E-state index in [1.807, 2.05) is 30.3 Å². The van der Waals surface area contributed by atoms with Gasteiger partial charge in [0.05, 0.1) is 24.8 Å². The zero-order chi connectivity index (χ0) is 24.9. The summed E-state index contributed by atoms with van der Waals surface area (Å²) in [5.74, 6) is 1.26. The molecule has 0 radical (unpaired) electrons. The van der Waals surface area contributed by atoms with Gasteiger partial charge >= 0.3 is 0 Å². The van der Waals surface area contributed by atoms with Crippen LogP contribution in [-0.4, -0.2) is 46.7 Å². The molecule has 2 heterocycles. The van der Waals surface area contributed by atoms with E-state index in [1.165, 1.54) is 11.2 Å². The van der Waals surface area contributed by atoms with Gasteiger partial charge in [-0.25, -0.2) is 4.68 Å². The maximum Gasteiger partial charge on any atom is 0.290 e. The summed E-state index contributed by atoms with van der Waals surface area (Å²) < 4.78 is 12.2. The fourth-order valence-corrected chi connectivity index (χ4v) is 3.34. The molecule has 0 atom stereocenters. The van der Waals surface area contributed by atoms with Crippen LogP contribution in [0.4, 0.5) is 5.82 Å². The van der Waals surface area contributed by atoms with E-state index in [-0.39, 0.29) is 29.5 Å². The maximum atomic E-state index is 13.1. The third-order valence-electron chi connectivity index (χ3n) is 5.39. The van der Waals surface area contributed by atoms with Crippen LogP contribution in [0.5, 0.6) is 5.75 Å². The third kappa shape index (κ3) is 6.27. The molecular formula is C26H34N4O4. The van der Waals surface area contributed by atoms with Gasteiger partial charge in [-0.2, -0.15) is 5.10 Å². The number of benzene rings is 1. The van der Waals surface area contributed by atoms with Gasteiger partial charge in [0, 0.05) is 18.0 Å². The molecule has 0 spiro atoms. The van der Waals surface area contributed by atoms with E-state index in [0.717, 1.165) is 23.6 Å². The predicted octanol–water partition coefficient (Wildman–Crippen LogP) is 4.90. The van der Waals surface area contributed by atoms with Gasteiger partial charge < -0.3 is 19.4 Å². The quantitative estimate of drug-likeness (QED) is 0.485. The van der Waals surface area contributed by atoms with E-state index in [9.17, 15) is 9.59 Å². The molecule has 1 N–H and O–H groups in total. The number of methoxy groups -OCH3 is 1. The van der Waals surface area contributed by atoms with Crippen LogP contribution in [0.15, 0.2) is 53.1 Å². The molecule has 0 aliphatic rings. The minimum atomic E-state index is -0.307. The monoisotopic (exact) mass is 466 g/mol. The second kappa shape index (κ2) is 10.6. The van der Waals surface area contributed by atoms with E-state index < -0.39 is 0 Å². The second-order valence-electron chi connectivity index (χ2n) is 9.71. The summed E-state index contributed by atoms with van der Waals surface area (Å²) in [6.45, 7) is 10.7. The molecule has 8 nitrogen and oxygen atoms in total. The zero-order valence-electron chi connectivity index (χ0n) is 20.8. The standard InChI is InChI=1S/C26H34N4O4/c1-18(2)13-14-29(25(32)21-8-7-15-34-21)17-24(31)27-23-16-22(26(3,4)5)28-30(23)19-9-11-20(33-6)12-10-19/h7-12,15-16,18H,13-14,17H2,1-6H3,(H,27,31). The molecule has 0 saturated heterocycles. The summed E-state index contributed by atoms with van der Waals surface area (Å²) in [6.07, 6.45) is 2.23. The van der Waals surface area contributed by atoms with Crippen molar-refractivity contribution in [3.63, 3.8) is 0 Å². The predicted molar refractivity (Wildman–Crippen MR) is 132 cm³/mol. The van der Waals surface area contributed by atoms with Gasteiger partial charge in [-0.3, -0.25) is 9.59 Å². The Kier molecular flexibility index (Phi) is 7.81. The van der Waals surface area contributed by atoms with Crippen LogP contribution in [0.3, 0.4) is 0 Å². The Morgan fingerprint density at radius 3 is 2.44 bits per heavy atom. The molecule has 0 aliphatic carbocycles. The number of nitrogens with one attached hydrogen (secondary N) is 1.